The van der Waals surface area contributed by atoms with Gasteiger partial charge in [-0.05, 0) is 53.1 Å². The SMILES string of the molecule is CCc1ccc(N=c2scc(-c3ccc(C(C)C)cc3)n2CCc2ccccc2)cc1. The average Bonchev–Trinajstić information content (AvgIpc) is 3.21. The number of hydrogen-bond donors (Lipinski definition) is 0. The van der Waals surface area contributed by atoms with Gasteiger partial charge in [0.25, 0.3) is 0 Å². The second-order valence-electron chi connectivity index (χ2n) is 8.20. The lowest BCUT2D eigenvalue weighted by Crippen LogP contribution is -2.17. The molecule has 31 heavy (non-hydrogen) atoms. The minimum atomic E-state index is 0.540. The lowest BCUT2D eigenvalue weighted by Gasteiger charge is -2.11. The van der Waals surface area contributed by atoms with Gasteiger partial charge in [-0.25, -0.2) is 4.99 Å². The van der Waals surface area contributed by atoms with E-state index in [2.05, 4.69) is 110 Å². The molecule has 3 aromatic carbocycles. The van der Waals surface area contributed by atoms with Crippen LogP contribution in [-0.2, 0) is 19.4 Å². The molecule has 0 atom stereocenters. The predicted octanol–water partition coefficient (Wildman–Crippen LogP) is 7.38. The fourth-order valence-electron chi connectivity index (χ4n) is 3.71. The number of aromatic nitrogens is 1. The third kappa shape index (κ3) is 5.23. The summed E-state index contributed by atoms with van der Waals surface area (Å²) >= 11 is 1.72. The van der Waals surface area contributed by atoms with Crippen LogP contribution in [-0.4, -0.2) is 4.57 Å². The highest BCUT2D eigenvalue weighted by Crippen LogP contribution is 2.24. The highest BCUT2D eigenvalue weighted by molar-refractivity contribution is 7.07. The molecule has 158 valence electrons. The smallest absolute Gasteiger partial charge is 0.190 e. The van der Waals surface area contributed by atoms with Gasteiger partial charge in [0, 0.05) is 11.9 Å². The van der Waals surface area contributed by atoms with E-state index in [1.165, 1.54) is 27.9 Å². The Balaban J connectivity index is 1.72. The van der Waals surface area contributed by atoms with Crippen molar-refractivity contribution in [1.29, 1.82) is 0 Å². The first-order valence-electron chi connectivity index (χ1n) is 11.1. The van der Waals surface area contributed by atoms with Gasteiger partial charge in [-0.3, -0.25) is 0 Å². The summed E-state index contributed by atoms with van der Waals surface area (Å²) in [4.78, 5) is 6.05. The Hall–Kier alpha value is -2.91. The van der Waals surface area contributed by atoms with E-state index in [9.17, 15) is 0 Å². The summed E-state index contributed by atoms with van der Waals surface area (Å²) in [6.45, 7) is 7.56. The maximum absolute atomic E-state index is 5.00. The molecule has 3 heteroatoms. The van der Waals surface area contributed by atoms with Crippen LogP contribution in [0.25, 0.3) is 11.3 Å². The van der Waals surface area contributed by atoms with Crippen molar-refractivity contribution in [3.05, 3.63) is 106 Å². The van der Waals surface area contributed by atoms with Crippen LogP contribution in [0.15, 0.2) is 89.2 Å². The zero-order valence-corrected chi connectivity index (χ0v) is 19.4. The van der Waals surface area contributed by atoms with E-state index in [0.717, 1.165) is 29.9 Å². The van der Waals surface area contributed by atoms with Crippen LogP contribution in [0.3, 0.4) is 0 Å². The summed E-state index contributed by atoms with van der Waals surface area (Å²) in [5.74, 6) is 0.540. The van der Waals surface area contributed by atoms with Crippen LogP contribution in [0.5, 0.6) is 0 Å². The fourth-order valence-corrected chi connectivity index (χ4v) is 4.66. The van der Waals surface area contributed by atoms with Crippen molar-refractivity contribution < 1.29 is 0 Å². The molecule has 0 aliphatic rings. The Morgan fingerprint density at radius 1 is 0.839 bits per heavy atom. The summed E-state index contributed by atoms with van der Waals surface area (Å²) in [5.41, 5.74) is 7.55. The zero-order valence-electron chi connectivity index (χ0n) is 18.6. The van der Waals surface area contributed by atoms with Crippen molar-refractivity contribution in [2.45, 2.75) is 46.1 Å². The minimum Gasteiger partial charge on any atom is -0.316 e. The molecule has 0 unspecified atom stereocenters. The average molecular weight is 427 g/mol. The molecule has 0 saturated carbocycles. The number of benzene rings is 3. The fraction of sp³-hybridized carbons (Fsp3) is 0.250. The monoisotopic (exact) mass is 426 g/mol. The Labute approximate surface area is 189 Å². The second-order valence-corrected chi connectivity index (χ2v) is 9.04. The summed E-state index contributed by atoms with van der Waals surface area (Å²) in [6, 6.07) is 28.3. The maximum atomic E-state index is 5.00. The van der Waals surface area contributed by atoms with E-state index in [-0.39, 0.29) is 0 Å². The normalized spacial score (nSPS) is 11.9. The van der Waals surface area contributed by atoms with Crippen molar-refractivity contribution in [2.24, 2.45) is 4.99 Å². The molecule has 0 spiro atoms. The summed E-state index contributed by atoms with van der Waals surface area (Å²) in [7, 11) is 0. The van der Waals surface area contributed by atoms with Crippen molar-refractivity contribution >= 4 is 17.0 Å². The molecule has 0 saturated heterocycles. The van der Waals surface area contributed by atoms with Gasteiger partial charge in [0.1, 0.15) is 0 Å². The molecule has 0 aliphatic heterocycles. The molecule has 1 aromatic heterocycles. The Kier molecular flexibility index (Phi) is 6.83. The van der Waals surface area contributed by atoms with E-state index in [0.29, 0.717) is 5.92 Å². The number of aryl methyl sites for hydroxylation is 2. The van der Waals surface area contributed by atoms with E-state index in [4.69, 9.17) is 4.99 Å². The van der Waals surface area contributed by atoms with Crippen LogP contribution in [0.1, 0.15) is 43.4 Å². The van der Waals surface area contributed by atoms with E-state index < -0.39 is 0 Å². The van der Waals surface area contributed by atoms with Gasteiger partial charge in [0.05, 0.1) is 11.4 Å². The van der Waals surface area contributed by atoms with Crippen molar-refractivity contribution in [3.8, 4) is 11.3 Å². The largest absolute Gasteiger partial charge is 0.316 e. The first kappa shape index (κ1) is 21.3. The molecule has 1 heterocycles. The quantitative estimate of drug-likeness (QED) is 0.293. The molecule has 0 N–H and O–H groups in total. The molecule has 0 bridgehead atoms. The van der Waals surface area contributed by atoms with Crippen LogP contribution in [0.2, 0.25) is 0 Å². The lowest BCUT2D eigenvalue weighted by molar-refractivity contribution is 0.684. The Bertz CT molecular complexity index is 1160. The molecule has 4 aromatic rings. The molecule has 0 aliphatic carbocycles. The van der Waals surface area contributed by atoms with Crippen LogP contribution in [0, 0.1) is 0 Å². The Morgan fingerprint density at radius 3 is 2.19 bits per heavy atom. The first-order valence-corrected chi connectivity index (χ1v) is 12.0. The summed E-state index contributed by atoms with van der Waals surface area (Å²) < 4.78 is 2.37. The third-order valence-electron chi connectivity index (χ3n) is 5.71. The van der Waals surface area contributed by atoms with Gasteiger partial charge in [-0.2, -0.15) is 0 Å². The van der Waals surface area contributed by atoms with Crippen molar-refractivity contribution in [3.63, 3.8) is 0 Å². The topological polar surface area (TPSA) is 17.3 Å². The molecular formula is C28H30N2S. The van der Waals surface area contributed by atoms with Crippen molar-refractivity contribution in [2.75, 3.05) is 0 Å². The Morgan fingerprint density at radius 2 is 1.55 bits per heavy atom. The molecule has 2 nitrogen and oxygen atoms in total. The van der Waals surface area contributed by atoms with Crippen LogP contribution >= 0.6 is 11.3 Å². The third-order valence-corrected chi connectivity index (χ3v) is 6.57. The molecular weight excluding hydrogens is 396 g/mol. The van der Waals surface area contributed by atoms with Crippen LogP contribution in [0.4, 0.5) is 5.69 Å². The minimum absolute atomic E-state index is 0.540. The zero-order chi connectivity index (χ0) is 21.6. The lowest BCUT2D eigenvalue weighted by atomic mass is 10.0. The number of thiazole rings is 1. The van der Waals surface area contributed by atoms with E-state index >= 15 is 0 Å². The van der Waals surface area contributed by atoms with Gasteiger partial charge in [-0.15, -0.1) is 11.3 Å². The number of rotatable bonds is 7. The van der Waals surface area contributed by atoms with E-state index in [1.54, 1.807) is 11.3 Å². The molecule has 4 rings (SSSR count). The van der Waals surface area contributed by atoms with Gasteiger partial charge in [-0.1, -0.05) is 87.5 Å². The second kappa shape index (κ2) is 9.93. The summed E-state index contributed by atoms with van der Waals surface area (Å²) in [5, 5.41) is 2.24. The van der Waals surface area contributed by atoms with E-state index in [1.807, 2.05) is 0 Å². The highest BCUT2D eigenvalue weighted by atomic mass is 32.1. The molecule has 0 fully saturated rings. The number of hydrogen-bond acceptors (Lipinski definition) is 2. The highest BCUT2D eigenvalue weighted by Gasteiger charge is 2.10. The predicted molar refractivity (Wildman–Crippen MR) is 133 cm³/mol. The van der Waals surface area contributed by atoms with Gasteiger partial charge < -0.3 is 4.57 Å². The van der Waals surface area contributed by atoms with Crippen molar-refractivity contribution in [1.82, 2.24) is 4.57 Å². The van der Waals surface area contributed by atoms with Gasteiger partial charge in [0.15, 0.2) is 4.80 Å². The number of nitrogens with zero attached hydrogens (tertiary/aromatic N) is 2. The summed E-state index contributed by atoms with van der Waals surface area (Å²) in [6.07, 6.45) is 2.03. The van der Waals surface area contributed by atoms with Crippen LogP contribution < -0.4 is 4.80 Å². The van der Waals surface area contributed by atoms with Gasteiger partial charge in [0.2, 0.25) is 0 Å². The standard InChI is InChI=1S/C28H30N2S/c1-4-22-10-16-26(17-11-22)29-28-30(19-18-23-8-6-5-7-9-23)27(20-31-28)25-14-12-24(13-15-25)21(2)3/h5-17,20-21H,4,18-19H2,1-3H3. The molecule has 0 radical (unpaired) electrons. The maximum Gasteiger partial charge on any atom is 0.190 e. The first-order chi connectivity index (χ1) is 15.1. The molecule has 0 amide bonds. The van der Waals surface area contributed by atoms with Gasteiger partial charge >= 0.3 is 0 Å².